The number of rotatable bonds is 34. The van der Waals surface area contributed by atoms with E-state index >= 15 is 0 Å². The highest BCUT2D eigenvalue weighted by Crippen LogP contribution is 2.22. The minimum Gasteiger partial charge on any atom is -0.394 e. The maximum atomic E-state index is 11.1. The molecule has 1 rings (SSSR count). The summed E-state index contributed by atoms with van der Waals surface area (Å²) in [6, 6.07) is -0.650. The third kappa shape index (κ3) is 24.3. The van der Waals surface area contributed by atoms with Crippen molar-refractivity contribution in [3.63, 3.8) is 0 Å². The van der Waals surface area contributed by atoms with E-state index in [4.69, 9.17) is 9.47 Å². The fraction of sp³-hybridized carbons (Fsp3) is 0.860. The van der Waals surface area contributed by atoms with Crippen molar-refractivity contribution < 1.29 is 40.1 Å². The monoisotopic (exact) mass is 740 g/mol. The largest absolute Gasteiger partial charge is 0.394 e. The summed E-state index contributed by atoms with van der Waals surface area (Å²) in [6.07, 6.45) is 29.5. The van der Waals surface area contributed by atoms with E-state index in [1.54, 1.807) is 12.2 Å². The minimum absolute atomic E-state index is 0.107. The molecule has 1 aliphatic rings. The predicted molar refractivity (Wildman–Crippen MR) is 213 cm³/mol. The van der Waals surface area contributed by atoms with Crippen molar-refractivity contribution >= 4 is 0 Å². The molecule has 1 aliphatic heterocycles. The van der Waals surface area contributed by atoms with Gasteiger partial charge in [0.1, 0.15) is 24.4 Å². The van der Waals surface area contributed by atoms with Crippen LogP contribution in [0.25, 0.3) is 0 Å². The zero-order valence-corrected chi connectivity index (χ0v) is 33.4. The molecule has 9 heteroatoms. The molecule has 0 aromatic carbocycles. The van der Waals surface area contributed by atoms with Crippen molar-refractivity contribution in [2.75, 3.05) is 19.8 Å². The Balaban J connectivity index is 2.50. The number of allylic oxidation sites excluding steroid dienone is 4. The van der Waals surface area contributed by atoms with Gasteiger partial charge in [-0.15, -0.1) is 0 Å². The number of aliphatic hydroxyl groups excluding tert-OH is 6. The molecule has 9 nitrogen and oxygen atoms in total. The molecule has 306 valence electrons. The zero-order chi connectivity index (χ0) is 38.2. The summed E-state index contributed by atoms with van der Waals surface area (Å²) in [5, 5.41) is 65.1. The summed E-state index contributed by atoms with van der Waals surface area (Å²) in [4.78, 5) is 0. The van der Waals surface area contributed by atoms with Gasteiger partial charge in [0.25, 0.3) is 0 Å². The molecule has 52 heavy (non-hydrogen) atoms. The third-order valence-electron chi connectivity index (χ3n) is 10.2. The Kier molecular flexibility index (Phi) is 31.2. The van der Waals surface area contributed by atoms with E-state index < -0.39 is 55.6 Å². The Morgan fingerprint density at radius 3 is 1.81 bits per heavy atom. The molecular formula is C43H81NO8. The average Bonchev–Trinajstić information content (AvgIpc) is 3.14. The lowest BCUT2D eigenvalue weighted by Gasteiger charge is -2.40. The highest BCUT2D eigenvalue weighted by molar-refractivity contribution is 5.00. The Morgan fingerprint density at radius 2 is 1.21 bits per heavy atom. The number of unbranched alkanes of at least 4 members (excludes halogenated alkanes) is 19. The highest BCUT2D eigenvalue weighted by Gasteiger charge is 2.44. The van der Waals surface area contributed by atoms with Gasteiger partial charge in [0.2, 0.25) is 0 Å². The molecule has 1 fully saturated rings. The van der Waals surface area contributed by atoms with E-state index in [9.17, 15) is 30.6 Å². The molecule has 1 saturated heterocycles. The maximum Gasteiger partial charge on any atom is 0.186 e. The summed E-state index contributed by atoms with van der Waals surface area (Å²) in [6.45, 7) is 6.24. The van der Waals surface area contributed by atoms with Gasteiger partial charge in [0, 0.05) is 6.54 Å². The summed E-state index contributed by atoms with van der Waals surface area (Å²) in [5.41, 5.74) is 1.44. The third-order valence-corrected chi connectivity index (χ3v) is 10.2. The van der Waals surface area contributed by atoms with Crippen LogP contribution in [0.3, 0.4) is 0 Å². The lowest BCUT2D eigenvalue weighted by Crippen LogP contribution is -2.60. The minimum atomic E-state index is -1.55. The normalized spacial score (nSPS) is 23.2. The molecule has 0 unspecified atom stereocenters. The second-order valence-corrected chi connectivity index (χ2v) is 15.1. The van der Waals surface area contributed by atoms with Gasteiger partial charge in [-0.05, 0) is 51.9 Å². The Hall–Kier alpha value is -1.14. The van der Waals surface area contributed by atoms with Gasteiger partial charge in [-0.1, -0.05) is 153 Å². The lowest BCUT2D eigenvalue weighted by molar-refractivity contribution is -0.302. The molecule has 0 spiro atoms. The van der Waals surface area contributed by atoms with Crippen LogP contribution in [0.4, 0.5) is 0 Å². The van der Waals surface area contributed by atoms with Crippen LogP contribution in [0.15, 0.2) is 36.0 Å². The fourth-order valence-electron chi connectivity index (χ4n) is 6.62. The van der Waals surface area contributed by atoms with Gasteiger partial charge >= 0.3 is 0 Å². The molecule has 0 aromatic heterocycles. The number of nitrogens with one attached hydrogen (secondary N) is 1. The molecule has 8 atom stereocenters. The number of hydrogen-bond acceptors (Lipinski definition) is 9. The average molecular weight is 740 g/mol. The highest BCUT2D eigenvalue weighted by atomic mass is 16.7. The van der Waals surface area contributed by atoms with Gasteiger partial charge in [0.05, 0.1) is 31.5 Å². The smallest absolute Gasteiger partial charge is 0.186 e. The van der Waals surface area contributed by atoms with Crippen molar-refractivity contribution in [1.82, 2.24) is 5.32 Å². The molecule has 0 amide bonds. The van der Waals surface area contributed by atoms with Crippen molar-refractivity contribution in [3.8, 4) is 0 Å². The Bertz CT molecular complexity index is 896. The SMILES string of the molecule is CCCCCCCCCCCCCC/C=C/[C@@H](O)CN[C@@H](CO[C@@H]1O[C@H](CO)[C@@H](O)[C@H](O)[C@H]1O)[C@@H](O)/C=C/CCC/C=C(\C)CCCCCCCC. The Morgan fingerprint density at radius 1 is 0.673 bits per heavy atom. The number of hydrogen-bond donors (Lipinski definition) is 7. The molecule has 0 aliphatic carbocycles. The molecular weight excluding hydrogens is 658 g/mol. The van der Waals surface area contributed by atoms with E-state index in [1.165, 1.54) is 115 Å². The lowest BCUT2D eigenvalue weighted by atomic mass is 9.99. The van der Waals surface area contributed by atoms with Crippen LogP contribution in [0.5, 0.6) is 0 Å². The quantitative estimate of drug-likeness (QED) is 0.0262. The van der Waals surface area contributed by atoms with E-state index in [0.29, 0.717) is 0 Å². The summed E-state index contributed by atoms with van der Waals surface area (Å²) < 4.78 is 11.2. The van der Waals surface area contributed by atoms with Crippen molar-refractivity contribution in [3.05, 3.63) is 36.0 Å². The van der Waals surface area contributed by atoms with Gasteiger partial charge in [-0.2, -0.15) is 0 Å². The first-order valence-electron chi connectivity index (χ1n) is 21.3. The second-order valence-electron chi connectivity index (χ2n) is 15.1. The van der Waals surface area contributed by atoms with Crippen LogP contribution >= 0.6 is 0 Å². The molecule has 0 radical (unpaired) electrons. The van der Waals surface area contributed by atoms with Crippen LogP contribution in [0.2, 0.25) is 0 Å². The summed E-state index contributed by atoms with van der Waals surface area (Å²) in [5.74, 6) is 0. The first-order valence-corrected chi connectivity index (χ1v) is 21.3. The Labute approximate surface area is 318 Å². The molecule has 1 heterocycles. The zero-order valence-electron chi connectivity index (χ0n) is 33.4. The van der Waals surface area contributed by atoms with Crippen molar-refractivity contribution in [2.45, 2.75) is 217 Å². The van der Waals surface area contributed by atoms with E-state index in [-0.39, 0.29) is 13.2 Å². The standard InChI is InChI=1S/C43H81NO8/c1-4-6-8-10-12-13-14-15-16-17-18-19-21-26-30-36(46)32-44-37(34-51-43-42(50)41(49)40(48)39(33-45)52-43)38(47)31-27-23-22-25-29-35(3)28-24-20-11-9-7-5-2/h26-27,29-31,36-50H,4-25,28,32-34H2,1-3H3/b30-26+,31-27+,35-29+/t36-,37+,38+,39-,40-,41+,42-,43-/m1/s1. The van der Waals surface area contributed by atoms with Crippen LogP contribution in [0, 0.1) is 0 Å². The number of ether oxygens (including phenoxy) is 2. The van der Waals surface area contributed by atoms with Crippen LogP contribution < -0.4 is 5.32 Å². The summed E-state index contributed by atoms with van der Waals surface area (Å²) >= 11 is 0. The van der Waals surface area contributed by atoms with Gasteiger partial charge in [-0.3, -0.25) is 0 Å². The first-order chi connectivity index (χ1) is 25.2. The molecule has 0 bridgehead atoms. The first kappa shape index (κ1) is 48.9. The van der Waals surface area contributed by atoms with Gasteiger partial charge in [-0.25, -0.2) is 0 Å². The van der Waals surface area contributed by atoms with Gasteiger partial charge < -0.3 is 45.4 Å². The molecule has 0 aromatic rings. The number of aliphatic hydroxyl groups is 6. The van der Waals surface area contributed by atoms with Crippen molar-refractivity contribution in [2.24, 2.45) is 0 Å². The predicted octanol–water partition coefficient (Wildman–Crippen LogP) is 7.55. The topological polar surface area (TPSA) is 152 Å². The van der Waals surface area contributed by atoms with E-state index in [2.05, 4.69) is 32.2 Å². The summed E-state index contributed by atoms with van der Waals surface area (Å²) in [7, 11) is 0. The molecule has 0 saturated carbocycles. The van der Waals surface area contributed by atoms with Crippen molar-refractivity contribution in [1.29, 1.82) is 0 Å². The maximum absolute atomic E-state index is 11.1. The van der Waals surface area contributed by atoms with Crippen LogP contribution in [-0.2, 0) is 9.47 Å². The van der Waals surface area contributed by atoms with Crippen LogP contribution in [0.1, 0.15) is 168 Å². The van der Waals surface area contributed by atoms with Crippen LogP contribution in [-0.4, -0.2) is 99.4 Å². The fourth-order valence-corrected chi connectivity index (χ4v) is 6.62. The second kappa shape index (κ2) is 33.2. The van der Waals surface area contributed by atoms with Gasteiger partial charge in [0.15, 0.2) is 6.29 Å². The molecule has 7 N–H and O–H groups in total. The van der Waals surface area contributed by atoms with E-state index in [0.717, 1.165) is 38.5 Å². The van der Waals surface area contributed by atoms with E-state index in [1.807, 2.05) is 12.2 Å².